The third-order valence-electron chi connectivity index (χ3n) is 5.99. The fraction of sp³-hybridized carbons (Fsp3) is 0.185. The molecule has 0 aliphatic rings. The zero-order valence-corrected chi connectivity index (χ0v) is 21.9. The van der Waals surface area contributed by atoms with Crippen LogP contribution in [0.2, 0.25) is 5.02 Å². The first-order chi connectivity index (χ1) is 17.7. The molecular formula is C27H22ClN3O5S. The molecule has 0 saturated heterocycles. The van der Waals surface area contributed by atoms with Crippen LogP contribution in [-0.4, -0.2) is 20.9 Å². The van der Waals surface area contributed by atoms with Crippen LogP contribution in [0.25, 0.3) is 22.1 Å². The van der Waals surface area contributed by atoms with Crippen molar-refractivity contribution in [2.45, 2.75) is 27.4 Å². The molecular weight excluding hydrogens is 514 g/mol. The summed E-state index contributed by atoms with van der Waals surface area (Å²) >= 11 is 7.88. The molecule has 2 heterocycles. The van der Waals surface area contributed by atoms with Gasteiger partial charge in [-0.25, -0.2) is 9.38 Å². The van der Waals surface area contributed by atoms with Crippen LogP contribution in [-0.2, 0) is 6.61 Å². The summed E-state index contributed by atoms with van der Waals surface area (Å²) in [6.45, 7) is 6.32. The van der Waals surface area contributed by atoms with Gasteiger partial charge in [-0.3, -0.25) is 14.9 Å². The second kappa shape index (κ2) is 9.84. The van der Waals surface area contributed by atoms with Crippen LogP contribution in [0, 0.1) is 24.0 Å². The molecule has 188 valence electrons. The third kappa shape index (κ3) is 4.75. The fourth-order valence-electron chi connectivity index (χ4n) is 4.06. The van der Waals surface area contributed by atoms with Gasteiger partial charge in [-0.2, -0.15) is 0 Å². The minimum Gasteiger partial charge on any atom is -0.490 e. The Morgan fingerprint density at radius 1 is 1.14 bits per heavy atom. The number of nitro benzene ring substituents is 1. The molecule has 0 unspecified atom stereocenters. The van der Waals surface area contributed by atoms with Gasteiger partial charge in [-0.1, -0.05) is 35.1 Å². The van der Waals surface area contributed by atoms with Crippen LogP contribution in [0.5, 0.6) is 11.5 Å². The van der Waals surface area contributed by atoms with Crippen LogP contribution in [0.15, 0.2) is 53.3 Å². The molecule has 0 spiro atoms. The predicted molar refractivity (Wildman–Crippen MR) is 145 cm³/mol. The lowest BCUT2D eigenvalue weighted by molar-refractivity contribution is -0.384. The van der Waals surface area contributed by atoms with Crippen molar-refractivity contribution in [3.63, 3.8) is 0 Å². The van der Waals surface area contributed by atoms with E-state index in [0.29, 0.717) is 43.7 Å². The number of ether oxygens (including phenoxy) is 2. The van der Waals surface area contributed by atoms with Crippen molar-refractivity contribution in [3.05, 3.63) is 101 Å². The summed E-state index contributed by atoms with van der Waals surface area (Å²) in [5.74, 6) is 0.740. The van der Waals surface area contributed by atoms with Gasteiger partial charge in [0.15, 0.2) is 16.5 Å². The molecule has 0 saturated carbocycles. The van der Waals surface area contributed by atoms with Gasteiger partial charge in [0, 0.05) is 12.1 Å². The maximum Gasteiger partial charge on any atom is 0.274 e. The molecule has 37 heavy (non-hydrogen) atoms. The first kappa shape index (κ1) is 24.7. The first-order valence-electron chi connectivity index (χ1n) is 11.5. The summed E-state index contributed by atoms with van der Waals surface area (Å²) in [7, 11) is 0. The van der Waals surface area contributed by atoms with Gasteiger partial charge in [0.05, 0.1) is 32.1 Å². The van der Waals surface area contributed by atoms with E-state index in [1.807, 2.05) is 32.9 Å². The van der Waals surface area contributed by atoms with Crippen molar-refractivity contribution < 1.29 is 14.4 Å². The minimum atomic E-state index is -0.455. The van der Waals surface area contributed by atoms with E-state index in [9.17, 15) is 14.9 Å². The number of fused-ring (bicyclic) bond motifs is 3. The number of nitrogens with zero attached hydrogens (tertiary/aromatic N) is 3. The van der Waals surface area contributed by atoms with Crippen LogP contribution in [0.3, 0.4) is 0 Å². The van der Waals surface area contributed by atoms with E-state index in [-0.39, 0.29) is 17.9 Å². The van der Waals surface area contributed by atoms with E-state index in [1.54, 1.807) is 34.7 Å². The van der Waals surface area contributed by atoms with Crippen LogP contribution >= 0.6 is 22.9 Å². The summed E-state index contributed by atoms with van der Waals surface area (Å²) in [4.78, 5) is 29.1. The van der Waals surface area contributed by atoms with E-state index in [4.69, 9.17) is 21.1 Å². The van der Waals surface area contributed by atoms with Gasteiger partial charge in [-0.15, -0.1) is 0 Å². The Balaban J connectivity index is 1.51. The number of halogens is 1. The van der Waals surface area contributed by atoms with Gasteiger partial charge in [0.1, 0.15) is 6.61 Å². The number of imidazole rings is 1. The minimum absolute atomic E-state index is 0.0176. The summed E-state index contributed by atoms with van der Waals surface area (Å²) in [5.41, 5.74) is 4.94. The Morgan fingerprint density at radius 2 is 1.92 bits per heavy atom. The molecule has 0 N–H and O–H groups in total. The number of aryl methyl sites for hydroxylation is 2. The zero-order chi connectivity index (χ0) is 26.3. The number of thiazole rings is 1. The van der Waals surface area contributed by atoms with E-state index < -0.39 is 4.92 Å². The third-order valence-corrected chi connectivity index (χ3v) is 7.24. The maximum atomic E-state index is 13.3. The summed E-state index contributed by atoms with van der Waals surface area (Å²) in [6, 6.07) is 13.6. The number of rotatable bonds is 7. The monoisotopic (exact) mass is 535 g/mol. The molecule has 0 radical (unpaired) electrons. The number of benzene rings is 3. The maximum absolute atomic E-state index is 13.3. The molecule has 10 heteroatoms. The molecule has 0 amide bonds. The standard InChI is InChI=1S/C27H22ClN3O5S/c1-4-35-23-12-18(11-20(28)25(23)36-14-17-6-5-7-19(10-17)31(33)34)13-24-26(32)30-22-9-16(3)15(2)8-21(22)29-27(30)37-24/h5-13H,4,14H2,1-3H3/b24-13-. The highest BCUT2D eigenvalue weighted by molar-refractivity contribution is 7.15. The lowest BCUT2D eigenvalue weighted by atomic mass is 10.1. The number of aromatic nitrogens is 2. The lowest BCUT2D eigenvalue weighted by Crippen LogP contribution is -2.22. The molecule has 5 rings (SSSR count). The van der Waals surface area contributed by atoms with Gasteiger partial charge >= 0.3 is 0 Å². The molecule has 5 aromatic rings. The quantitative estimate of drug-likeness (QED) is 0.198. The Kier molecular flexibility index (Phi) is 6.57. The van der Waals surface area contributed by atoms with E-state index in [1.165, 1.54) is 23.5 Å². The predicted octanol–water partition coefficient (Wildman–Crippen LogP) is 5.61. The van der Waals surface area contributed by atoms with Crippen molar-refractivity contribution >= 4 is 50.7 Å². The normalized spacial score (nSPS) is 11.9. The second-order valence-corrected chi connectivity index (χ2v) is 9.97. The van der Waals surface area contributed by atoms with Crippen LogP contribution < -0.4 is 19.6 Å². The molecule has 0 bridgehead atoms. The van der Waals surface area contributed by atoms with Crippen molar-refractivity contribution in [1.82, 2.24) is 9.38 Å². The summed E-state index contributed by atoms with van der Waals surface area (Å²) in [6.07, 6.45) is 1.76. The highest BCUT2D eigenvalue weighted by Gasteiger charge is 2.16. The highest BCUT2D eigenvalue weighted by atomic mass is 35.5. The van der Waals surface area contributed by atoms with E-state index >= 15 is 0 Å². The summed E-state index contributed by atoms with van der Waals surface area (Å²) < 4.78 is 13.8. The molecule has 3 aromatic carbocycles. The lowest BCUT2D eigenvalue weighted by Gasteiger charge is -2.14. The molecule has 2 aromatic heterocycles. The van der Waals surface area contributed by atoms with Crippen LogP contribution in [0.1, 0.15) is 29.2 Å². The van der Waals surface area contributed by atoms with Crippen LogP contribution in [0.4, 0.5) is 5.69 Å². The molecule has 0 aliphatic carbocycles. The average Bonchev–Trinajstić information content (AvgIpc) is 3.34. The second-order valence-electron chi connectivity index (χ2n) is 8.55. The van der Waals surface area contributed by atoms with Gasteiger partial charge in [-0.05, 0) is 73.4 Å². The van der Waals surface area contributed by atoms with Crippen molar-refractivity contribution in [3.8, 4) is 11.5 Å². The smallest absolute Gasteiger partial charge is 0.274 e. The zero-order valence-electron chi connectivity index (χ0n) is 20.3. The molecule has 0 aliphatic heterocycles. The molecule has 8 nitrogen and oxygen atoms in total. The summed E-state index contributed by atoms with van der Waals surface area (Å²) in [5, 5.41) is 11.4. The Morgan fingerprint density at radius 3 is 2.68 bits per heavy atom. The highest BCUT2D eigenvalue weighted by Crippen LogP contribution is 2.37. The van der Waals surface area contributed by atoms with Crippen molar-refractivity contribution in [1.29, 1.82) is 0 Å². The number of hydrogen-bond donors (Lipinski definition) is 0. The Hall–Kier alpha value is -3.95. The Bertz CT molecular complexity index is 1790. The van der Waals surface area contributed by atoms with Gasteiger partial charge < -0.3 is 9.47 Å². The number of non-ortho nitro benzene ring substituents is 1. The first-order valence-corrected chi connectivity index (χ1v) is 12.7. The van der Waals surface area contributed by atoms with Gasteiger partial charge in [0.25, 0.3) is 11.2 Å². The number of nitro groups is 1. The largest absolute Gasteiger partial charge is 0.490 e. The molecule has 0 atom stereocenters. The topological polar surface area (TPSA) is 96.0 Å². The SMILES string of the molecule is CCOc1cc(/C=c2\sc3nc4cc(C)c(C)cc4n3c2=O)cc(Cl)c1OCc1cccc([N+](=O)[O-])c1. The number of hydrogen-bond acceptors (Lipinski definition) is 7. The molecule has 0 fully saturated rings. The van der Waals surface area contributed by atoms with Gasteiger partial charge in [0.2, 0.25) is 0 Å². The van der Waals surface area contributed by atoms with Crippen molar-refractivity contribution in [2.75, 3.05) is 6.61 Å². The Labute approximate surface area is 220 Å². The fourth-order valence-corrected chi connectivity index (χ4v) is 5.32. The van der Waals surface area contributed by atoms with Crippen molar-refractivity contribution in [2.24, 2.45) is 0 Å². The van der Waals surface area contributed by atoms with E-state index in [0.717, 1.165) is 22.2 Å². The van der Waals surface area contributed by atoms with E-state index in [2.05, 4.69) is 4.98 Å². The average molecular weight is 536 g/mol.